The number of hydrogen-bond donors (Lipinski definition) is 1. The standard InChI is InChI=1S/C17H24N4O3S3/c1-5-11-25-17-20-19-16(26-17)18-15(22)12(3)21(27(4,23)24)14-9-7-13(6-2)8-10-14/h7-10,12H,5-6,11H2,1-4H3,(H,18,19,22)/t12-/m0/s1. The van der Waals surface area contributed by atoms with Crippen LogP contribution >= 0.6 is 23.1 Å². The molecule has 148 valence electrons. The number of thioether (sulfide) groups is 1. The van der Waals surface area contributed by atoms with Gasteiger partial charge in [0.1, 0.15) is 6.04 Å². The van der Waals surface area contributed by atoms with E-state index >= 15 is 0 Å². The molecule has 0 unspecified atom stereocenters. The zero-order valence-electron chi connectivity index (χ0n) is 15.8. The number of sulfonamides is 1. The minimum atomic E-state index is -3.65. The summed E-state index contributed by atoms with van der Waals surface area (Å²) in [6.45, 7) is 5.65. The highest BCUT2D eigenvalue weighted by Crippen LogP contribution is 2.27. The van der Waals surface area contributed by atoms with E-state index in [9.17, 15) is 13.2 Å². The van der Waals surface area contributed by atoms with Gasteiger partial charge in [-0.05, 0) is 37.5 Å². The lowest BCUT2D eigenvalue weighted by atomic mass is 10.1. The lowest BCUT2D eigenvalue weighted by Crippen LogP contribution is -2.45. The van der Waals surface area contributed by atoms with Crippen LogP contribution in [0.2, 0.25) is 0 Å². The van der Waals surface area contributed by atoms with E-state index in [1.54, 1.807) is 30.8 Å². The summed E-state index contributed by atoms with van der Waals surface area (Å²) in [6.07, 6.45) is 2.96. The van der Waals surface area contributed by atoms with Gasteiger partial charge in [-0.15, -0.1) is 10.2 Å². The Hall–Kier alpha value is -1.65. The van der Waals surface area contributed by atoms with Crippen LogP contribution < -0.4 is 9.62 Å². The second kappa shape index (κ2) is 9.52. The lowest BCUT2D eigenvalue weighted by Gasteiger charge is -2.28. The molecule has 0 radical (unpaired) electrons. The summed E-state index contributed by atoms with van der Waals surface area (Å²) >= 11 is 2.85. The summed E-state index contributed by atoms with van der Waals surface area (Å²) in [5.74, 6) is 0.470. The minimum Gasteiger partial charge on any atom is -0.299 e. The summed E-state index contributed by atoms with van der Waals surface area (Å²) in [5, 5.41) is 11.0. The number of aryl methyl sites for hydroxylation is 1. The van der Waals surface area contributed by atoms with E-state index < -0.39 is 22.0 Å². The summed E-state index contributed by atoms with van der Waals surface area (Å²) in [4.78, 5) is 12.6. The molecule has 0 aliphatic carbocycles. The number of carbonyl (C=O) groups excluding carboxylic acids is 1. The van der Waals surface area contributed by atoms with Crippen molar-refractivity contribution in [2.45, 2.75) is 44.0 Å². The second-order valence-corrected chi connectivity index (χ2v) is 10.1. The summed E-state index contributed by atoms with van der Waals surface area (Å²) in [5.41, 5.74) is 1.55. The van der Waals surface area contributed by atoms with Crippen molar-refractivity contribution in [2.75, 3.05) is 21.6 Å². The molecule has 1 amide bonds. The highest BCUT2D eigenvalue weighted by molar-refractivity contribution is 8.01. The van der Waals surface area contributed by atoms with Gasteiger partial charge < -0.3 is 0 Å². The van der Waals surface area contributed by atoms with E-state index in [0.717, 1.165) is 39.1 Å². The van der Waals surface area contributed by atoms with Crippen LogP contribution in [0.3, 0.4) is 0 Å². The van der Waals surface area contributed by atoms with E-state index in [2.05, 4.69) is 22.4 Å². The highest BCUT2D eigenvalue weighted by Gasteiger charge is 2.29. The molecule has 10 heteroatoms. The van der Waals surface area contributed by atoms with Crippen LogP contribution in [-0.4, -0.2) is 42.6 Å². The third-order valence-electron chi connectivity index (χ3n) is 3.75. The van der Waals surface area contributed by atoms with Gasteiger partial charge >= 0.3 is 0 Å². The maximum atomic E-state index is 12.6. The molecule has 2 rings (SSSR count). The zero-order chi connectivity index (χ0) is 20.0. The summed E-state index contributed by atoms with van der Waals surface area (Å²) < 4.78 is 26.5. The molecular weight excluding hydrogens is 404 g/mol. The molecular formula is C17H24N4O3S3. The molecule has 1 aromatic heterocycles. The quantitative estimate of drug-likeness (QED) is 0.486. The third kappa shape index (κ3) is 5.91. The Balaban J connectivity index is 2.17. The fourth-order valence-electron chi connectivity index (χ4n) is 2.41. The number of carbonyl (C=O) groups is 1. The molecule has 0 aliphatic heterocycles. The van der Waals surface area contributed by atoms with E-state index in [4.69, 9.17) is 0 Å². The van der Waals surface area contributed by atoms with Crippen molar-refractivity contribution in [1.29, 1.82) is 0 Å². The Bertz CT molecular complexity index is 866. The first-order valence-corrected chi connectivity index (χ1v) is 12.3. The Morgan fingerprint density at radius 1 is 1.26 bits per heavy atom. The van der Waals surface area contributed by atoms with Gasteiger partial charge in [0.15, 0.2) is 4.34 Å². The van der Waals surface area contributed by atoms with Gasteiger partial charge in [-0.25, -0.2) is 8.42 Å². The normalized spacial score (nSPS) is 12.6. The largest absolute Gasteiger partial charge is 0.299 e. The first-order valence-electron chi connectivity index (χ1n) is 8.61. The molecule has 0 aliphatic rings. The van der Waals surface area contributed by atoms with Gasteiger partial charge in [0, 0.05) is 5.75 Å². The van der Waals surface area contributed by atoms with Gasteiger partial charge in [0.2, 0.25) is 21.1 Å². The Kier molecular flexibility index (Phi) is 7.63. The van der Waals surface area contributed by atoms with Gasteiger partial charge in [-0.2, -0.15) is 0 Å². The summed E-state index contributed by atoms with van der Waals surface area (Å²) in [6, 6.07) is 6.23. The molecule has 1 atom stereocenters. The highest BCUT2D eigenvalue weighted by atomic mass is 32.2. The maximum absolute atomic E-state index is 12.6. The molecule has 0 saturated carbocycles. The first-order chi connectivity index (χ1) is 12.8. The fraction of sp³-hybridized carbons (Fsp3) is 0.471. The number of hydrogen-bond acceptors (Lipinski definition) is 7. The molecule has 7 nitrogen and oxygen atoms in total. The Labute approximate surface area is 168 Å². The Morgan fingerprint density at radius 3 is 2.48 bits per heavy atom. The number of benzene rings is 1. The predicted octanol–water partition coefficient (Wildman–Crippen LogP) is 3.40. The smallest absolute Gasteiger partial charge is 0.249 e. The van der Waals surface area contributed by atoms with Gasteiger partial charge in [-0.1, -0.05) is 49.1 Å². The van der Waals surface area contributed by atoms with Crippen molar-refractivity contribution in [3.8, 4) is 0 Å². The number of aromatic nitrogens is 2. The van der Waals surface area contributed by atoms with Crippen molar-refractivity contribution >= 4 is 49.8 Å². The van der Waals surface area contributed by atoms with Crippen LogP contribution in [0.1, 0.15) is 32.8 Å². The molecule has 0 bridgehead atoms. The van der Waals surface area contributed by atoms with Crippen LogP contribution in [-0.2, 0) is 21.2 Å². The van der Waals surface area contributed by atoms with Gasteiger partial charge in [0.05, 0.1) is 11.9 Å². The maximum Gasteiger partial charge on any atom is 0.249 e. The fourth-order valence-corrected chi connectivity index (χ4v) is 5.26. The van der Waals surface area contributed by atoms with Crippen LogP contribution in [0.15, 0.2) is 28.6 Å². The van der Waals surface area contributed by atoms with Crippen LogP contribution in [0.5, 0.6) is 0 Å². The van der Waals surface area contributed by atoms with E-state index in [-0.39, 0.29) is 0 Å². The van der Waals surface area contributed by atoms with Crippen molar-refractivity contribution in [3.05, 3.63) is 29.8 Å². The number of anilines is 2. The van der Waals surface area contributed by atoms with Gasteiger partial charge in [0.25, 0.3) is 0 Å². The monoisotopic (exact) mass is 428 g/mol. The predicted molar refractivity (Wildman–Crippen MR) is 112 cm³/mol. The molecule has 27 heavy (non-hydrogen) atoms. The van der Waals surface area contributed by atoms with Crippen LogP contribution in [0.4, 0.5) is 10.8 Å². The number of rotatable bonds is 9. The molecule has 2 aromatic rings. The second-order valence-electron chi connectivity index (χ2n) is 5.97. The van der Waals surface area contributed by atoms with Crippen molar-refractivity contribution in [3.63, 3.8) is 0 Å². The minimum absolute atomic E-state index is 0.361. The number of nitrogens with one attached hydrogen (secondary N) is 1. The number of amides is 1. The zero-order valence-corrected chi connectivity index (χ0v) is 18.2. The van der Waals surface area contributed by atoms with Crippen molar-refractivity contribution < 1.29 is 13.2 Å². The van der Waals surface area contributed by atoms with Crippen LogP contribution in [0, 0.1) is 0 Å². The third-order valence-corrected chi connectivity index (χ3v) is 7.17. The molecule has 1 heterocycles. The van der Waals surface area contributed by atoms with Crippen molar-refractivity contribution in [2.24, 2.45) is 0 Å². The van der Waals surface area contributed by atoms with E-state index in [1.165, 1.54) is 11.3 Å². The molecule has 1 aromatic carbocycles. The average molecular weight is 429 g/mol. The Morgan fingerprint density at radius 2 is 1.93 bits per heavy atom. The topological polar surface area (TPSA) is 92.3 Å². The molecule has 0 spiro atoms. The molecule has 1 N–H and O–H groups in total. The number of nitrogens with zero attached hydrogens (tertiary/aromatic N) is 3. The summed E-state index contributed by atoms with van der Waals surface area (Å²) in [7, 11) is -3.65. The van der Waals surface area contributed by atoms with Gasteiger partial charge in [-0.3, -0.25) is 14.4 Å². The van der Waals surface area contributed by atoms with Crippen LogP contribution in [0.25, 0.3) is 0 Å². The SMILES string of the molecule is CCCSc1nnc(NC(=O)[C@H](C)N(c2ccc(CC)cc2)S(C)(=O)=O)s1. The molecule has 0 fully saturated rings. The lowest BCUT2D eigenvalue weighted by molar-refractivity contribution is -0.116. The molecule has 0 saturated heterocycles. The van der Waals surface area contributed by atoms with E-state index in [0.29, 0.717) is 10.8 Å². The first kappa shape index (κ1) is 21.6. The van der Waals surface area contributed by atoms with E-state index in [1.807, 2.05) is 19.1 Å². The van der Waals surface area contributed by atoms with Crippen molar-refractivity contribution in [1.82, 2.24) is 10.2 Å². The average Bonchev–Trinajstić information content (AvgIpc) is 3.06.